The average molecular weight is 508 g/mol. The van der Waals surface area contributed by atoms with Crippen LogP contribution in [0, 0.1) is 20.8 Å². The summed E-state index contributed by atoms with van der Waals surface area (Å²) in [7, 11) is 0. The normalized spacial score (nSPS) is 9.57. The van der Waals surface area contributed by atoms with E-state index in [-0.39, 0.29) is 30.6 Å². The van der Waals surface area contributed by atoms with Crippen LogP contribution in [0.5, 0.6) is 0 Å². The van der Waals surface area contributed by atoms with Gasteiger partial charge in [-0.3, -0.25) is 29.3 Å². The molecule has 0 aromatic carbocycles. The van der Waals surface area contributed by atoms with Gasteiger partial charge in [0.15, 0.2) is 11.6 Å². The van der Waals surface area contributed by atoms with E-state index in [1.165, 1.54) is 19.3 Å². The Morgan fingerprint density at radius 1 is 0.649 bits per heavy atom. The molecule has 9 nitrogen and oxygen atoms in total. The molecule has 0 aliphatic rings. The quantitative estimate of drug-likeness (QED) is 0.254. The lowest BCUT2D eigenvalue weighted by Crippen LogP contribution is -2.11. The van der Waals surface area contributed by atoms with Crippen LogP contribution in [-0.4, -0.2) is 51.7 Å². The van der Waals surface area contributed by atoms with Crippen LogP contribution in [0.2, 0.25) is 0 Å². The summed E-state index contributed by atoms with van der Waals surface area (Å²) in [6.45, 7) is 11.3. The van der Waals surface area contributed by atoms with E-state index in [1.807, 2.05) is 26.8 Å². The Kier molecular flexibility index (Phi) is 13.6. The lowest BCUT2D eigenvalue weighted by atomic mass is 10.1. The van der Waals surface area contributed by atoms with Gasteiger partial charge in [-0.05, 0) is 77.9 Å². The highest BCUT2D eigenvalue weighted by molar-refractivity contribution is 6.05. The Bertz CT molecular complexity index is 1160. The van der Waals surface area contributed by atoms with Gasteiger partial charge < -0.3 is 9.47 Å². The molecule has 0 atom stereocenters. The molecule has 0 spiro atoms. The topological polar surface area (TPSA) is 125 Å². The standard InChI is InChI=1S/C11H13NO3.C9H11NO2.C8H9NO/c1-3-15-11(14)6-10(13)9-5-4-8(2)12-7-9;1-3-12-9(11)8-5-4-7(2)10-6-8;1-6-3-4-8(5-9-6)7(2)10/h4-5,7H,3,6H2,1-2H3;4-6H,3H2,1-2H3;3-5H,1-2H3. The highest BCUT2D eigenvalue weighted by Gasteiger charge is 2.12. The number of esters is 2. The summed E-state index contributed by atoms with van der Waals surface area (Å²) >= 11 is 0. The van der Waals surface area contributed by atoms with E-state index in [0.29, 0.717) is 23.3 Å². The highest BCUT2D eigenvalue weighted by Crippen LogP contribution is 2.04. The summed E-state index contributed by atoms with van der Waals surface area (Å²) in [6, 6.07) is 10.5. The fraction of sp³-hybridized carbons (Fsp3) is 0.321. The number of carbonyl (C=O) groups excluding carboxylic acids is 4. The second-order valence-corrected chi connectivity index (χ2v) is 7.75. The fourth-order valence-corrected chi connectivity index (χ4v) is 2.56. The van der Waals surface area contributed by atoms with Crippen molar-refractivity contribution in [2.45, 2.75) is 48.0 Å². The molecule has 0 N–H and O–H groups in total. The number of pyridine rings is 3. The van der Waals surface area contributed by atoms with Crippen molar-refractivity contribution in [1.82, 2.24) is 15.0 Å². The van der Waals surface area contributed by atoms with Crippen LogP contribution in [0.4, 0.5) is 0 Å². The lowest BCUT2D eigenvalue weighted by molar-refractivity contribution is -0.141. The number of hydrogen-bond acceptors (Lipinski definition) is 9. The zero-order chi connectivity index (χ0) is 27.8. The summed E-state index contributed by atoms with van der Waals surface area (Å²) in [5.74, 6) is -1.01. The first kappa shape index (κ1) is 30.8. The van der Waals surface area contributed by atoms with E-state index in [4.69, 9.17) is 4.74 Å². The third-order valence-corrected chi connectivity index (χ3v) is 4.58. The Labute approximate surface area is 217 Å². The molecule has 3 aromatic heterocycles. The lowest BCUT2D eigenvalue weighted by Gasteiger charge is -2.01. The summed E-state index contributed by atoms with van der Waals surface area (Å²) < 4.78 is 9.47. The first-order valence-corrected chi connectivity index (χ1v) is 11.7. The smallest absolute Gasteiger partial charge is 0.339 e. The van der Waals surface area contributed by atoms with E-state index in [2.05, 4.69) is 19.7 Å². The van der Waals surface area contributed by atoms with E-state index in [9.17, 15) is 19.2 Å². The zero-order valence-corrected chi connectivity index (χ0v) is 22.1. The van der Waals surface area contributed by atoms with Gasteiger partial charge in [0.2, 0.25) is 0 Å². The van der Waals surface area contributed by atoms with Crippen molar-refractivity contribution >= 4 is 23.5 Å². The molecule has 9 heteroatoms. The minimum Gasteiger partial charge on any atom is -0.466 e. The fourth-order valence-electron chi connectivity index (χ4n) is 2.56. The number of aromatic nitrogens is 3. The SMILES string of the molecule is CC(=O)c1ccc(C)nc1.CCOC(=O)CC(=O)c1ccc(C)nc1.CCOC(=O)c1ccc(C)nc1. The van der Waals surface area contributed by atoms with Gasteiger partial charge in [-0.2, -0.15) is 0 Å². The van der Waals surface area contributed by atoms with E-state index < -0.39 is 5.97 Å². The number of carbonyl (C=O) groups is 4. The summed E-state index contributed by atoms with van der Waals surface area (Å²) in [4.78, 5) is 56.3. The average Bonchev–Trinajstić information content (AvgIpc) is 2.86. The second-order valence-electron chi connectivity index (χ2n) is 7.75. The maximum atomic E-state index is 11.5. The van der Waals surface area contributed by atoms with Crippen molar-refractivity contribution in [1.29, 1.82) is 0 Å². The number of hydrogen-bond donors (Lipinski definition) is 0. The molecule has 3 rings (SSSR count). The Hall–Kier alpha value is -4.27. The first-order chi connectivity index (χ1) is 17.6. The minimum atomic E-state index is -0.497. The second kappa shape index (κ2) is 16.4. The molecule has 0 saturated heterocycles. The van der Waals surface area contributed by atoms with Gasteiger partial charge in [0, 0.05) is 46.8 Å². The molecule has 0 radical (unpaired) electrons. The van der Waals surface area contributed by atoms with Crippen LogP contribution in [-0.2, 0) is 14.3 Å². The number of ether oxygens (including phenoxy) is 2. The van der Waals surface area contributed by atoms with Crippen molar-refractivity contribution < 1.29 is 28.7 Å². The van der Waals surface area contributed by atoms with Gasteiger partial charge in [0.25, 0.3) is 0 Å². The minimum absolute atomic E-state index is 0.0625. The number of aryl methyl sites for hydroxylation is 3. The van der Waals surface area contributed by atoms with E-state index >= 15 is 0 Å². The third kappa shape index (κ3) is 12.3. The maximum Gasteiger partial charge on any atom is 0.339 e. The van der Waals surface area contributed by atoms with Crippen LogP contribution < -0.4 is 0 Å². The number of ketones is 2. The zero-order valence-electron chi connectivity index (χ0n) is 22.1. The van der Waals surface area contributed by atoms with Gasteiger partial charge in [0.05, 0.1) is 18.8 Å². The van der Waals surface area contributed by atoms with E-state index in [1.54, 1.807) is 50.4 Å². The monoisotopic (exact) mass is 507 g/mol. The number of Topliss-reactive ketones (excluding diaryl/α,β-unsaturated/α-hetero) is 2. The van der Waals surface area contributed by atoms with Crippen molar-refractivity contribution in [2.24, 2.45) is 0 Å². The van der Waals surface area contributed by atoms with Gasteiger partial charge >= 0.3 is 11.9 Å². The molecular weight excluding hydrogens is 474 g/mol. The Balaban J connectivity index is 0.000000283. The molecule has 0 aliphatic carbocycles. The van der Waals surface area contributed by atoms with Crippen LogP contribution in [0.1, 0.15) is 75.3 Å². The maximum absolute atomic E-state index is 11.5. The van der Waals surface area contributed by atoms with E-state index in [0.717, 1.165) is 17.1 Å². The predicted octanol–water partition coefficient (Wildman–Crippen LogP) is 4.69. The van der Waals surface area contributed by atoms with Crippen LogP contribution >= 0.6 is 0 Å². The molecule has 0 amide bonds. The molecular formula is C28H33N3O6. The van der Waals surface area contributed by atoms with Crippen molar-refractivity contribution in [3.05, 3.63) is 88.8 Å². The first-order valence-electron chi connectivity index (χ1n) is 11.7. The molecule has 0 fully saturated rings. The number of nitrogens with zero attached hydrogens (tertiary/aromatic N) is 3. The van der Waals surface area contributed by atoms with Crippen LogP contribution in [0.3, 0.4) is 0 Å². The molecule has 37 heavy (non-hydrogen) atoms. The molecule has 3 heterocycles. The van der Waals surface area contributed by atoms with Crippen LogP contribution in [0.25, 0.3) is 0 Å². The Morgan fingerprint density at radius 3 is 1.46 bits per heavy atom. The molecule has 196 valence electrons. The largest absolute Gasteiger partial charge is 0.466 e. The van der Waals surface area contributed by atoms with Crippen LogP contribution in [0.15, 0.2) is 55.0 Å². The summed E-state index contributed by atoms with van der Waals surface area (Å²) in [5, 5.41) is 0. The van der Waals surface area contributed by atoms with Gasteiger partial charge in [-0.25, -0.2) is 4.79 Å². The van der Waals surface area contributed by atoms with Gasteiger partial charge in [0.1, 0.15) is 6.42 Å². The Morgan fingerprint density at radius 2 is 1.08 bits per heavy atom. The molecule has 0 bridgehead atoms. The molecule has 0 aliphatic heterocycles. The highest BCUT2D eigenvalue weighted by atomic mass is 16.5. The third-order valence-electron chi connectivity index (χ3n) is 4.58. The summed E-state index contributed by atoms with van der Waals surface area (Å²) in [5.41, 5.74) is 4.28. The van der Waals surface area contributed by atoms with Crippen molar-refractivity contribution in [3.63, 3.8) is 0 Å². The molecule has 3 aromatic rings. The van der Waals surface area contributed by atoms with Gasteiger partial charge in [-0.1, -0.05) is 0 Å². The van der Waals surface area contributed by atoms with Gasteiger partial charge in [-0.15, -0.1) is 0 Å². The van der Waals surface area contributed by atoms with Crippen molar-refractivity contribution in [3.8, 4) is 0 Å². The summed E-state index contributed by atoms with van der Waals surface area (Å²) in [6.07, 6.45) is 4.36. The number of rotatable bonds is 7. The molecule has 0 saturated carbocycles. The molecule has 0 unspecified atom stereocenters. The predicted molar refractivity (Wildman–Crippen MR) is 138 cm³/mol. The van der Waals surface area contributed by atoms with Crippen molar-refractivity contribution in [2.75, 3.05) is 13.2 Å².